The number of rotatable bonds is 4. The Balaban J connectivity index is 1.51. The summed E-state index contributed by atoms with van der Waals surface area (Å²) in [6.45, 7) is 1.69. The van der Waals surface area contributed by atoms with E-state index in [0.29, 0.717) is 11.7 Å². The van der Waals surface area contributed by atoms with Gasteiger partial charge in [-0.1, -0.05) is 12.1 Å². The highest BCUT2D eigenvalue weighted by molar-refractivity contribution is 7.85. The first-order valence-corrected chi connectivity index (χ1v) is 9.85. The summed E-state index contributed by atoms with van der Waals surface area (Å²) in [5.41, 5.74) is 3.26. The average Bonchev–Trinajstić information content (AvgIpc) is 3.19. The molecule has 4 rings (SSSR count). The Morgan fingerprint density at radius 2 is 1.77 bits per heavy atom. The van der Waals surface area contributed by atoms with Crippen LogP contribution in [0.25, 0.3) is 16.9 Å². The SMILES string of the molecule is COc1ccc(-n2cc(-c3ccc(N4CCS(=O)CC4)cc3)cn2)nn1. The van der Waals surface area contributed by atoms with Crippen LogP contribution >= 0.6 is 0 Å². The van der Waals surface area contributed by atoms with E-state index in [4.69, 9.17) is 4.74 Å². The third-order valence-corrected chi connectivity index (χ3v) is 5.67. The van der Waals surface area contributed by atoms with Crippen LogP contribution in [0, 0.1) is 0 Å². The number of benzene rings is 1. The first-order valence-electron chi connectivity index (χ1n) is 8.36. The Labute approximate surface area is 154 Å². The van der Waals surface area contributed by atoms with Crippen molar-refractivity contribution in [1.29, 1.82) is 0 Å². The molecular weight excluding hydrogens is 350 g/mol. The zero-order chi connectivity index (χ0) is 17.9. The van der Waals surface area contributed by atoms with E-state index in [1.54, 1.807) is 17.9 Å². The average molecular weight is 369 g/mol. The summed E-state index contributed by atoms with van der Waals surface area (Å²) in [5, 5.41) is 12.4. The fraction of sp³-hybridized carbons (Fsp3) is 0.278. The molecule has 3 heterocycles. The van der Waals surface area contributed by atoms with Crippen LogP contribution in [0.2, 0.25) is 0 Å². The molecule has 0 N–H and O–H groups in total. The number of ether oxygens (including phenoxy) is 1. The lowest BCUT2D eigenvalue weighted by molar-refractivity contribution is 0.391. The van der Waals surface area contributed by atoms with Gasteiger partial charge in [-0.15, -0.1) is 10.2 Å². The summed E-state index contributed by atoms with van der Waals surface area (Å²) in [6.07, 6.45) is 3.74. The van der Waals surface area contributed by atoms with Crippen LogP contribution in [0.4, 0.5) is 5.69 Å². The molecule has 1 aliphatic rings. The molecule has 0 radical (unpaired) electrons. The second kappa shape index (κ2) is 7.25. The highest BCUT2D eigenvalue weighted by atomic mass is 32.2. The Kier molecular flexibility index (Phi) is 4.66. The van der Waals surface area contributed by atoms with Crippen LogP contribution in [-0.4, -0.2) is 55.9 Å². The molecule has 7 nitrogen and oxygen atoms in total. The summed E-state index contributed by atoms with van der Waals surface area (Å²) in [5.74, 6) is 2.60. The largest absolute Gasteiger partial charge is 0.480 e. The lowest BCUT2D eigenvalue weighted by Crippen LogP contribution is -2.37. The molecule has 2 aromatic heterocycles. The van der Waals surface area contributed by atoms with E-state index in [1.807, 2.05) is 18.5 Å². The minimum Gasteiger partial charge on any atom is -0.480 e. The molecule has 1 fully saturated rings. The number of hydrogen-bond donors (Lipinski definition) is 0. The Bertz CT molecular complexity index is 898. The predicted molar refractivity (Wildman–Crippen MR) is 101 cm³/mol. The molecule has 0 saturated carbocycles. The quantitative estimate of drug-likeness (QED) is 0.699. The molecule has 1 saturated heterocycles. The monoisotopic (exact) mass is 369 g/mol. The Hall–Kier alpha value is -2.74. The van der Waals surface area contributed by atoms with Gasteiger partial charge in [0.15, 0.2) is 5.82 Å². The van der Waals surface area contributed by atoms with Crippen molar-refractivity contribution in [2.45, 2.75) is 0 Å². The summed E-state index contributed by atoms with van der Waals surface area (Å²) < 4.78 is 18.2. The van der Waals surface area contributed by atoms with Crippen molar-refractivity contribution in [2.24, 2.45) is 0 Å². The van der Waals surface area contributed by atoms with Crippen molar-refractivity contribution in [3.05, 3.63) is 48.8 Å². The molecular formula is C18H19N5O2S. The van der Waals surface area contributed by atoms with Gasteiger partial charge in [-0.3, -0.25) is 4.21 Å². The Morgan fingerprint density at radius 3 is 2.42 bits per heavy atom. The third kappa shape index (κ3) is 3.45. The maximum atomic E-state index is 11.5. The molecule has 3 aromatic rings. The van der Waals surface area contributed by atoms with Crippen molar-refractivity contribution in [2.75, 3.05) is 36.6 Å². The fourth-order valence-electron chi connectivity index (χ4n) is 2.90. The van der Waals surface area contributed by atoms with E-state index in [2.05, 4.69) is 44.5 Å². The normalized spacial score (nSPS) is 15.2. The van der Waals surface area contributed by atoms with Crippen LogP contribution in [0.5, 0.6) is 5.88 Å². The van der Waals surface area contributed by atoms with Crippen molar-refractivity contribution in [3.8, 4) is 22.8 Å². The predicted octanol–water partition coefficient (Wildman–Crippen LogP) is 1.91. The highest BCUT2D eigenvalue weighted by Crippen LogP contribution is 2.24. The molecule has 0 bridgehead atoms. The molecule has 134 valence electrons. The first-order chi connectivity index (χ1) is 12.7. The topological polar surface area (TPSA) is 73.1 Å². The van der Waals surface area contributed by atoms with Gasteiger partial charge < -0.3 is 9.64 Å². The van der Waals surface area contributed by atoms with E-state index in [1.165, 1.54) is 5.69 Å². The van der Waals surface area contributed by atoms with Crippen molar-refractivity contribution in [1.82, 2.24) is 20.0 Å². The van der Waals surface area contributed by atoms with Gasteiger partial charge in [0.1, 0.15) is 0 Å². The van der Waals surface area contributed by atoms with Crippen molar-refractivity contribution >= 4 is 16.5 Å². The second-order valence-corrected chi connectivity index (χ2v) is 7.69. The van der Waals surface area contributed by atoms with Crippen LogP contribution in [0.15, 0.2) is 48.8 Å². The van der Waals surface area contributed by atoms with E-state index in [9.17, 15) is 4.21 Å². The van der Waals surface area contributed by atoms with Crippen LogP contribution < -0.4 is 9.64 Å². The molecule has 0 amide bonds. The summed E-state index contributed by atoms with van der Waals surface area (Å²) in [6, 6.07) is 11.9. The minimum absolute atomic E-state index is 0.471. The number of aromatic nitrogens is 4. The maximum Gasteiger partial charge on any atom is 0.233 e. The standard InChI is InChI=1S/C18H19N5O2S/c1-25-18-7-6-17(20-21-18)23-13-15(12-19-23)14-2-4-16(5-3-14)22-8-10-26(24)11-9-22/h2-7,12-13H,8-11H2,1H3. The van der Waals surface area contributed by atoms with E-state index in [0.717, 1.165) is 35.7 Å². The van der Waals surface area contributed by atoms with Gasteiger partial charge >= 0.3 is 0 Å². The number of methoxy groups -OCH3 is 1. The first kappa shape index (κ1) is 16.7. The van der Waals surface area contributed by atoms with E-state index >= 15 is 0 Å². The number of anilines is 1. The van der Waals surface area contributed by atoms with Crippen LogP contribution in [0.3, 0.4) is 0 Å². The van der Waals surface area contributed by atoms with Crippen molar-refractivity contribution in [3.63, 3.8) is 0 Å². The zero-order valence-corrected chi connectivity index (χ0v) is 15.2. The summed E-state index contributed by atoms with van der Waals surface area (Å²) in [7, 11) is 0.900. The Morgan fingerprint density at radius 1 is 1.00 bits per heavy atom. The molecule has 0 spiro atoms. The van der Waals surface area contributed by atoms with Crippen molar-refractivity contribution < 1.29 is 8.95 Å². The van der Waals surface area contributed by atoms with Crippen LogP contribution in [0.1, 0.15) is 0 Å². The lowest BCUT2D eigenvalue weighted by atomic mass is 10.1. The van der Waals surface area contributed by atoms with Gasteiger partial charge in [-0.25, -0.2) is 4.68 Å². The van der Waals surface area contributed by atoms with Gasteiger partial charge in [0.25, 0.3) is 0 Å². The lowest BCUT2D eigenvalue weighted by Gasteiger charge is -2.28. The van der Waals surface area contributed by atoms with E-state index in [-0.39, 0.29) is 0 Å². The summed E-state index contributed by atoms with van der Waals surface area (Å²) >= 11 is 0. The molecule has 26 heavy (non-hydrogen) atoms. The third-order valence-electron chi connectivity index (χ3n) is 4.40. The maximum absolute atomic E-state index is 11.5. The summed E-state index contributed by atoms with van der Waals surface area (Å²) in [4.78, 5) is 2.28. The highest BCUT2D eigenvalue weighted by Gasteiger charge is 2.15. The molecule has 8 heteroatoms. The van der Waals surface area contributed by atoms with Gasteiger partial charge in [0, 0.05) is 58.9 Å². The van der Waals surface area contributed by atoms with Gasteiger partial charge in [-0.2, -0.15) is 5.10 Å². The van der Waals surface area contributed by atoms with Gasteiger partial charge in [0.05, 0.1) is 13.3 Å². The molecule has 0 atom stereocenters. The number of hydrogen-bond acceptors (Lipinski definition) is 6. The number of nitrogens with zero attached hydrogens (tertiary/aromatic N) is 5. The zero-order valence-electron chi connectivity index (χ0n) is 14.4. The van der Waals surface area contributed by atoms with Crippen LogP contribution in [-0.2, 0) is 10.8 Å². The van der Waals surface area contributed by atoms with Gasteiger partial charge in [0.2, 0.25) is 5.88 Å². The molecule has 1 aromatic carbocycles. The molecule has 1 aliphatic heterocycles. The smallest absolute Gasteiger partial charge is 0.233 e. The van der Waals surface area contributed by atoms with Gasteiger partial charge in [-0.05, 0) is 23.8 Å². The fourth-order valence-corrected chi connectivity index (χ4v) is 3.95. The van der Waals surface area contributed by atoms with E-state index < -0.39 is 10.8 Å². The minimum atomic E-state index is -0.658. The molecule has 0 unspecified atom stereocenters. The second-order valence-electron chi connectivity index (χ2n) is 5.99. The molecule has 0 aliphatic carbocycles.